The maximum absolute atomic E-state index is 4.99. The first-order valence-electron chi connectivity index (χ1n) is 5.31. The van der Waals surface area contributed by atoms with Crippen LogP contribution in [0.15, 0.2) is 5.16 Å². The van der Waals surface area contributed by atoms with Crippen LogP contribution < -0.4 is 4.90 Å². The largest absolute Gasteiger partial charge is 0.739 e. The molecular formula is C9H19N5S. The maximum atomic E-state index is 4.99. The van der Waals surface area contributed by atoms with Crippen LogP contribution in [-0.4, -0.2) is 38.8 Å². The fourth-order valence-corrected chi connectivity index (χ4v) is 1.98. The Balaban J connectivity index is 2.51. The maximum Gasteiger partial charge on any atom is 0.0974 e. The van der Waals surface area contributed by atoms with Crippen LogP contribution in [0.1, 0.15) is 27.7 Å². The first-order chi connectivity index (χ1) is 7.02. The zero-order chi connectivity index (χ0) is 11.4. The van der Waals surface area contributed by atoms with E-state index in [1.54, 1.807) is 9.58 Å². The Morgan fingerprint density at radius 1 is 1.27 bits per heavy atom. The number of hydrogen-bond acceptors (Lipinski definition) is 4. The fourth-order valence-electron chi connectivity index (χ4n) is 1.82. The van der Waals surface area contributed by atoms with Crippen LogP contribution in [0.2, 0.25) is 0 Å². The third kappa shape index (κ3) is 3.39. The van der Waals surface area contributed by atoms with Crippen molar-refractivity contribution in [3.63, 3.8) is 0 Å². The summed E-state index contributed by atoms with van der Waals surface area (Å²) in [7, 11) is 0. The Bertz CT molecular complexity index is 288. The van der Waals surface area contributed by atoms with Crippen LogP contribution in [0.5, 0.6) is 0 Å². The van der Waals surface area contributed by atoms with Crippen LogP contribution in [0.4, 0.5) is 0 Å². The molecular weight excluding hydrogens is 210 g/mol. The lowest BCUT2D eigenvalue weighted by Gasteiger charge is -2.27. The molecule has 5 nitrogen and oxygen atoms in total. The number of aromatic nitrogens is 4. The van der Waals surface area contributed by atoms with Crippen molar-refractivity contribution in [3.05, 3.63) is 0 Å². The third-order valence-corrected chi connectivity index (χ3v) is 2.89. The van der Waals surface area contributed by atoms with Gasteiger partial charge in [0, 0.05) is 5.16 Å². The molecule has 15 heavy (non-hydrogen) atoms. The molecule has 1 aromatic heterocycles. The smallest absolute Gasteiger partial charge is 0.0974 e. The van der Waals surface area contributed by atoms with Gasteiger partial charge in [0.2, 0.25) is 0 Å². The number of nitrogens with one attached hydrogen (secondary N) is 1. The molecule has 0 saturated heterocycles. The van der Waals surface area contributed by atoms with E-state index in [1.807, 2.05) is 0 Å². The minimum absolute atomic E-state index is 0.474. The van der Waals surface area contributed by atoms with Gasteiger partial charge in [-0.15, -0.1) is 5.10 Å². The second kappa shape index (κ2) is 5.37. The van der Waals surface area contributed by atoms with Crippen molar-refractivity contribution in [1.82, 2.24) is 20.2 Å². The molecule has 0 unspecified atom stereocenters. The van der Waals surface area contributed by atoms with Gasteiger partial charge in [-0.25, -0.2) is 4.68 Å². The highest BCUT2D eigenvalue weighted by molar-refractivity contribution is 7.58. The van der Waals surface area contributed by atoms with Crippen molar-refractivity contribution in [2.75, 3.05) is 6.54 Å². The predicted molar refractivity (Wildman–Crippen MR) is 59.5 cm³/mol. The summed E-state index contributed by atoms with van der Waals surface area (Å²) in [6, 6.07) is 1.21. The topological polar surface area (TPSA) is 48.0 Å². The van der Waals surface area contributed by atoms with Crippen LogP contribution in [0, 0.1) is 0 Å². The molecule has 0 aliphatic heterocycles. The molecule has 0 amide bonds. The van der Waals surface area contributed by atoms with E-state index in [-0.39, 0.29) is 0 Å². The van der Waals surface area contributed by atoms with Gasteiger partial charge in [0.15, 0.2) is 0 Å². The highest BCUT2D eigenvalue weighted by Crippen LogP contribution is 1.87. The van der Waals surface area contributed by atoms with E-state index in [4.69, 9.17) is 12.6 Å². The number of rotatable bonds is 5. The second-order valence-electron chi connectivity index (χ2n) is 4.32. The molecule has 6 heteroatoms. The fraction of sp³-hybridized carbons (Fsp3) is 0.889. The molecule has 0 radical (unpaired) electrons. The lowest BCUT2D eigenvalue weighted by molar-refractivity contribution is -0.942. The van der Waals surface area contributed by atoms with Gasteiger partial charge in [-0.1, -0.05) is 0 Å². The summed E-state index contributed by atoms with van der Waals surface area (Å²) in [5, 5.41) is 11.5. The summed E-state index contributed by atoms with van der Waals surface area (Å²) < 4.78 is 1.68. The average molecular weight is 229 g/mol. The Hall–Kier alpha value is -0.750. The molecule has 0 atom stereocenters. The van der Waals surface area contributed by atoms with Gasteiger partial charge in [-0.3, -0.25) is 0 Å². The summed E-state index contributed by atoms with van der Waals surface area (Å²) >= 11 is 4.99. The second-order valence-corrected chi connectivity index (χ2v) is 4.68. The van der Waals surface area contributed by atoms with E-state index < -0.39 is 0 Å². The molecule has 1 rings (SSSR count). The van der Waals surface area contributed by atoms with Crippen LogP contribution in [0.25, 0.3) is 0 Å². The van der Waals surface area contributed by atoms with Gasteiger partial charge in [-0.05, 0) is 38.1 Å². The molecule has 86 valence electrons. The minimum atomic E-state index is 0.474. The first-order valence-corrected chi connectivity index (χ1v) is 5.72. The first kappa shape index (κ1) is 12.3. The van der Waals surface area contributed by atoms with Crippen molar-refractivity contribution in [3.8, 4) is 0 Å². The SMILES string of the molecule is CC(C)[NH+](CCn1nnnc1[S-])C(C)C. The lowest BCUT2D eigenvalue weighted by Crippen LogP contribution is -3.18. The van der Waals surface area contributed by atoms with Crippen molar-refractivity contribution in [2.45, 2.75) is 51.5 Å². The normalized spacial score (nSPS) is 11.9. The quantitative estimate of drug-likeness (QED) is 0.677. The Labute approximate surface area is 96.2 Å². The lowest BCUT2D eigenvalue weighted by atomic mass is 10.2. The Morgan fingerprint density at radius 2 is 1.87 bits per heavy atom. The molecule has 0 aliphatic rings. The van der Waals surface area contributed by atoms with E-state index in [1.165, 1.54) is 0 Å². The van der Waals surface area contributed by atoms with Crippen molar-refractivity contribution >= 4 is 12.6 Å². The summed E-state index contributed by atoms with van der Waals surface area (Å²) in [6.45, 7) is 10.7. The zero-order valence-electron chi connectivity index (χ0n) is 9.77. The van der Waals surface area contributed by atoms with Gasteiger partial charge in [0.05, 0.1) is 25.2 Å². The van der Waals surface area contributed by atoms with Crippen molar-refractivity contribution in [2.24, 2.45) is 0 Å². The number of quaternary nitrogens is 1. The van der Waals surface area contributed by atoms with Gasteiger partial charge in [-0.2, -0.15) is 0 Å². The molecule has 1 N–H and O–H groups in total. The third-order valence-electron chi connectivity index (χ3n) is 2.59. The predicted octanol–water partition coefficient (Wildman–Crippen LogP) is -0.719. The Kier molecular flexibility index (Phi) is 4.41. The minimum Gasteiger partial charge on any atom is -0.739 e. The van der Waals surface area contributed by atoms with E-state index in [0.29, 0.717) is 17.2 Å². The highest BCUT2D eigenvalue weighted by atomic mass is 32.1. The van der Waals surface area contributed by atoms with Gasteiger partial charge >= 0.3 is 0 Å². The standard InChI is InChI=1S/C9H19N5S/c1-7(2)13(8(3)4)5-6-14-9(15)10-11-12-14/h7-8H,5-6H2,1-4H3,(H,10,12,15). The van der Waals surface area contributed by atoms with E-state index in [9.17, 15) is 0 Å². The molecule has 0 saturated carbocycles. The summed E-state index contributed by atoms with van der Waals surface area (Å²) in [6.07, 6.45) is 0. The van der Waals surface area contributed by atoms with Gasteiger partial charge in [0.25, 0.3) is 0 Å². The van der Waals surface area contributed by atoms with E-state index in [2.05, 4.69) is 43.2 Å². The van der Waals surface area contributed by atoms with Gasteiger partial charge in [0.1, 0.15) is 0 Å². The van der Waals surface area contributed by atoms with Crippen molar-refractivity contribution < 1.29 is 4.90 Å². The van der Waals surface area contributed by atoms with E-state index in [0.717, 1.165) is 13.1 Å². The number of tetrazole rings is 1. The molecule has 1 heterocycles. The number of hydrogen-bond donors (Lipinski definition) is 1. The van der Waals surface area contributed by atoms with Crippen LogP contribution in [-0.2, 0) is 19.2 Å². The average Bonchev–Trinajstić information content (AvgIpc) is 2.51. The molecule has 1 aromatic rings. The van der Waals surface area contributed by atoms with Crippen LogP contribution in [0.3, 0.4) is 0 Å². The van der Waals surface area contributed by atoms with E-state index >= 15 is 0 Å². The monoisotopic (exact) mass is 229 g/mol. The summed E-state index contributed by atoms with van der Waals surface area (Å²) in [5.74, 6) is 0. The highest BCUT2D eigenvalue weighted by Gasteiger charge is 2.16. The molecule has 0 aromatic carbocycles. The van der Waals surface area contributed by atoms with Gasteiger partial charge < -0.3 is 17.5 Å². The number of nitrogens with zero attached hydrogens (tertiary/aromatic N) is 4. The molecule has 0 bridgehead atoms. The zero-order valence-corrected chi connectivity index (χ0v) is 10.6. The van der Waals surface area contributed by atoms with Crippen molar-refractivity contribution in [1.29, 1.82) is 0 Å². The van der Waals surface area contributed by atoms with Crippen LogP contribution >= 0.6 is 0 Å². The summed E-state index contributed by atoms with van der Waals surface area (Å²) in [4.78, 5) is 1.54. The molecule has 0 aliphatic carbocycles. The summed E-state index contributed by atoms with van der Waals surface area (Å²) in [5.41, 5.74) is 0. The Morgan fingerprint density at radius 3 is 2.27 bits per heavy atom. The molecule has 0 spiro atoms. The molecule has 0 fully saturated rings.